The number of carbonyl (C=O) groups is 1. The van der Waals surface area contributed by atoms with Crippen LogP contribution in [0.5, 0.6) is 5.75 Å². The van der Waals surface area contributed by atoms with Crippen LogP contribution in [0, 0.1) is 0 Å². The van der Waals surface area contributed by atoms with Crippen LogP contribution in [0.25, 0.3) is 6.08 Å². The van der Waals surface area contributed by atoms with Gasteiger partial charge in [0.1, 0.15) is 11.4 Å². The van der Waals surface area contributed by atoms with Crippen molar-refractivity contribution in [3.8, 4) is 5.75 Å². The van der Waals surface area contributed by atoms with E-state index in [1.54, 1.807) is 0 Å². The molecule has 1 N–H and O–H groups in total. The minimum atomic E-state index is -0.600. The van der Waals surface area contributed by atoms with E-state index in [1.807, 2.05) is 92.7 Å². The van der Waals surface area contributed by atoms with Crippen molar-refractivity contribution in [1.82, 2.24) is 5.32 Å². The van der Waals surface area contributed by atoms with Gasteiger partial charge < -0.3 is 24.1 Å². The predicted octanol–water partition coefficient (Wildman–Crippen LogP) is 5.01. The maximum Gasteiger partial charge on any atom is 0.492 e. The molecule has 166 valence electrons. The molecule has 0 saturated carbocycles. The Morgan fingerprint density at radius 2 is 1.70 bits per heavy atom. The van der Waals surface area contributed by atoms with E-state index >= 15 is 0 Å². The second kappa shape index (κ2) is 9.02. The third-order valence-electron chi connectivity index (χ3n) is 5.01. The smallest absolute Gasteiger partial charge is 0.490 e. The molecular weight excluding hydrogens is 381 g/mol. The molecule has 1 heterocycles. The van der Waals surface area contributed by atoms with Gasteiger partial charge in [-0.2, -0.15) is 0 Å². The Labute approximate surface area is 181 Å². The third-order valence-corrected chi connectivity index (χ3v) is 5.01. The second-order valence-electron chi connectivity index (χ2n) is 9.87. The first kappa shape index (κ1) is 24.3. The van der Waals surface area contributed by atoms with E-state index < -0.39 is 30.0 Å². The fourth-order valence-electron chi connectivity index (χ4n) is 2.85. The monoisotopic (exact) mass is 417 g/mol. The summed E-state index contributed by atoms with van der Waals surface area (Å²) in [5.74, 6) is 0.763. The summed E-state index contributed by atoms with van der Waals surface area (Å²) in [6.07, 6.45) is 1.51. The van der Waals surface area contributed by atoms with Crippen LogP contribution in [0.2, 0.25) is 0 Å². The van der Waals surface area contributed by atoms with Crippen LogP contribution >= 0.6 is 0 Å². The molecule has 0 aromatic heterocycles. The highest BCUT2D eigenvalue weighted by Crippen LogP contribution is 2.39. The Balaban J connectivity index is 2.33. The van der Waals surface area contributed by atoms with Crippen molar-refractivity contribution < 1.29 is 23.6 Å². The molecule has 1 saturated heterocycles. The summed E-state index contributed by atoms with van der Waals surface area (Å²) in [5, 5.41) is 2.82. The zero-order valence-corrected chi connectivity index (χ0v) is 19.8. The van der Waals surface area contributed by atoms with Crippen molar-refractivity contribution in [3.05, 3.63) is 35.3 Å². The lowest BCUT2D eigenvalue weighted by molar-refractivity contribution is 0.00578. The number of alkyl carbamates (subject to hydrolysis) is 1. The van der Waals surface area contributed by atoms with Gasteiger partial charge in [0.2, 0.25) is 0 Å². The minimum Gasteiger partial charge on any atom is -0.490 e. The van der Waals surface area contributed by atoms with E-state index in [9.17, 15) is 4.79 Å². The fourth-order valence-corrected chi connectivity index (χ4v) is 2.85. The Morgan fingerprint density at radius 1 is 1.13 bits per heavy atom. The van der Waals surface area contributed by atoms with Crippen molar-refractivity contribution in [2.75, 3.05) is 6.54 Å². The zero-order chi connectivity index (χ0) is 22.7. The SMILES string of the molecule is CC(C)Oc1ccccc1C=C(CNC(=O)OC(C)(C)C)B1OC(C)(C)C(C)(C)O1. The number of nitrogens with one attached hydrogen (secondary N) is 1. The van der Waals surface area contributed by atoms with Gasteiger partial charge in [0.05, 0.1) is 17.3 Å². The highest BCUT2D eigenvalue weighted by atomic mass is 16.7. The first-order valence-corrected chi connectivity index (χ1v) is 10.5. The Kier molecular flexibility index (Phi) is 7.30. The van der Waals surface area contributed by atoms with Crippen LogP contribution in [-0.2, 0) is 14.0 Å². The molecule has 1 aliphatic rings. The van der Waals surface area contributed by atoms with Gasteiger partial charge in [-0.3, -0.25) is 0 Å². The summed E-state index contributed by atoms with van der Waals surface area (Å²) in [4.78, 5) is 12.2. The highest BCUT2D eigenvalue weighted by Gasteiger charge is 2.52. The van der Waals surface area contributed by atoms with E-state index in [1.165, 1.54) is 0 Å². The van der Waals surface area contributed by atoms with Gasteiger partial charge in [0.25, 0.3) is 0 Å². The number of amides is 1. The molecule has 1 aromatic carbocycles. The zero-order valence-electron chi connectivity index (χ0n) is 19.8. The highest BCUT2D eigenvalue weighted by molar-refractivity contribution is 6.56. The number of para-hydroxylation sites is 1. The molecule has 0 atom stereocenters. The average molecular weight is 417 g/mol. The molecule has 7 heteroatoms. The first-order chi connectivity index (χ1) is 13.7. The largest absolute Gasteiger partial charge is 0.492 e. The molecule has 1 amide bonds. The van der Waals surface area contributed by atoms with Gasteiger partial charge >= 0.3 is 13.2 Å². The second-order valence-corrected chi connectivity index (χ2v) is 9.87. The summed E-state index contributed by atoms with van der Waals surface area (Å²) in [7, 11) is -0.600. The van der Waals surface area contributed by atoms with Crippen LogP contribution in [0.15, 0.2) is 29.7 Å². The molecule has 0 aliphatic carbocycles. The predicted molar refractivity (Wildman–Crippen MR) is 121 cm³/mol. The molecule has 1 fully saturated rings. The summed E-state index contributed by atoms with van der Waals surface area (Å²) < 4.78 is 23.8. The standard InChI is InChI=1S/C23H36BNO5/c1-16(2)27-19-13-11-10-12-17(19)14-18(15-25-20(26)28-21(3,4)5)24-29-22(6,7)23(8,9)30-24/h10-14,16H,15H2,1-9H3,(H,25,26). The lowest BCUT2D eigenvalue weighted by Gasteiger charge is -2.32. The minimum absolute atomic E-state index is 0.0414. The summed E-state index contributed by atoms with van der Waals surface area (Å²) in [6, 6.07) is 7.77. The molecular formula is C23H36BNO5. The van der Waals surface area contributed by atoms with Crippen LogP contribution in [-0.4, -0.2) is 42.7 Å². The normalized spacial score (nSPS) is 18.5. The molecule has 2 rings (SSSR count). The summed E-state index contributed by atoms with van der Waals surface area (Å²) >= 11 is 0. The van der Waals surface area contributed by atoms with Crippen molar-refractivity contribution in [2.45, 2.75) is 85.2 Å². The maximum absolute atomic E-state index is 12.2. The number of carbonyl (C=O) groups excluding carboxylic acids is 1. The molecule has 0 bridgehead atoms. The van der Waals surface area contributed by atoms with Crippen LogP contribution in [0.4, 0.5) is 4.79 Å². The van der Waals surface area contributed by atoms with Crippen LogP contribution in [0.3, 0.4) is 0 Å². The fraction of sp³-hybridized carbons (Fsp3) is 0.609. The quantitative estimate of drug-likeness (QED) is 0.659. The molecule has 0 unspecified atom stereocenters. The molecule has 0 radical (unpaired) electrons. The van der Waals surface area contributed by atoms with E-state index in [0.29, 0.717) is 0 Å². The Bertz CT molecular complexity index is 764. The van der Waals surface area contributed by atoms with Crippen molar-refractivity contribution in [1.29, 1.82) is 0 Å². The van der Waals surface area contributed by atoms with Crippen molar-refractivity contribution in [2.24, 2.45) is 0 Å². The topological polar surface area (TPSA) is 66.0 Å². The molecule has 0 spiro atoms. The van der Waals surface area contributed by atoms with E-state index in [4.69, 9.17) is 18.8 Å². The third kappa shape index (κ3) is 6.51. The maximum atomic E-state index is 12.2. The van der Waals surface area contributed by atoms with Gasteiger partial charge in [-0.15, -0.1) is 0 Å². The number of hydrogen-bond donors (Lipinski definition) is 1. The van der Waals surface area contributed by atoms with Crippen molar-refractivity contribution in [3.63, 3.8) is 0 Å². The summed E-state index contributed by atoms with van der Waals surface area (Å²) in [5.41, 5.74) is 0.115. The first-order valence-electron chi connectivity index (χ1n) is 10.5. The van der Waals surface area contributed by atoms with Gasteiger partial charge in [-0.1, -0.05) is 24.3 Å². The van der Waals surface area contributed by atoms with E-state index in [0.717, 1.165) is 16.8 Å². The van der Waals surface area contributed by atoms with Crippen molar-refractivity contribution >= 4 is 19.3 Å². The molecule has 6 nitrogen and oxygen atoms in total. The summed E-state index contributed by atoms with van der Waals surface area (Å²) in [6.45, 7) is 17.7. The number of ether oxygens (including phenoxy) is 2. The van der Waals surface area contributed by atoms with Crippen LogP contribution in [0.1, 0.15) is 67.9 Å². The van der Waals surface area contributed by atoms with E-state index in [-0.39, 0.29) is 12.6 Å². The number of benzene rings is 1. The number of hydrogen-bond acceptors (Lipinski definition) is 5. The molecule has 1 aromatic rings. The van der Waals surface area contributed by atoms with Gasteiger partial charge in [0.15, 0.2) is 0 Å². The average Bonchev–Trinajstić information content (AvgIpc) is 2.78. The van der Waals surface area contributed by atoms with Gasteiger partial charge in [-0.25, -0.2) is 4.79 Å². The lowest BCUT2D eigenvalue weighted by atomic mass is 9.77. The Hall–Kier alpha value is -1.99. The molecule has 30 heavy (non-hydrogen) atoms. The van der Waals surface area contributed by atoms with E-state index in [2.05, 4.69) is 5.32 Å². The van der Waals surface area contributed by atoms with Gasteiger partial charge in [0, 0.05) is 12.1 Å². The van der Waals surface area contributed by atoms with Gasteiger partial charge in [-0.05, 0) is 73.9 Å². The number of rotatable bonds is 6. The van der Waals surface area contributed by atoms with Crippen LogP contribution < -0.4 is 10.1 Å². The Morgan fingerprint density at radius 3 is 2.23 bits per heavy atom. The lowest BCUT2D eigenvalue weighted by Crippen LogP contribution is -2.41. The molecule has 1 aliphatic heterocycles.